The van der Waals surface area contributed by atoms with Crippen molar-refractivity contribution in [2.75, 3.05) is 7.11 Å². The van der Waals surface area contributed by atoms with Crippen LogP contribution in [0.1, 0.15) is 21.5 Å². The second-order valence-corrected chi connectivity index (χ2v) is 4.99. The van der Waals surface area contributed by atoms with Crippen molar-refractivity contribution in [1.29, 1.82) is 0 Å². The molecule has 0 saturated carbocycles. The molecule has 0 aliphatic heterocycles. The average Bonchev–Trinajstić information content (AvgIpc) is 2.59. The van der Waals surface area contributed by atoms with E-state index in [0.29, 0.717) is 5.56 Å². The highest BCUT2D eigenvalue weighted by Crippen LogP contribution is 2.25. The maximum Gasteiger partial charge on any atom is 0.339 e. The monoisotopic (exact) mass is 288 g/mol. The zero-order valence-corrected chi connectivity index (χ0v) is 12.3. The van der Waals surface area contributed by atoms with Crippen molar-refractivity contribution in [2.24, 2.45) is 0 Å². The summed E-state index contributed by atoms with van der Waals surface area (Å²) in [6, 6.07) is 21.8. The van der Waals surface area contributed by atoms with Gasteiger partial charge in [-0.1, -0.05) is 78.9 Å². The standard InChI is InChI=1S/C20H16O2/c1-22-20(21)19-17(12-11-15-7-3-2-4-8-15)14-13-16-9-5-6-10-18(16)19/h2-14H,1H3. The van der Waals surface area contributed by atoms with E-state index in [-0.39, 0.29) is 5.97 Å². The Labute approximate surface area is 129 Å². The smallest absolute Gasteiger partial charge is 0.339 e. The van der Waals surface area contributed by atoms with E-state index in [9.17, 15) is 4.79 Å². The third-order valence-electron chi connectivity index (χ3n) is 3.61. The van der Waals surface area contributed by atoms with E-state index >= 15 is 0 Å². The normalized spacial score (nSPS) is 11.0. The van der Waals surface area contributed by atoms with Gasteiger partial charge in [-0.05, 0) is 21.9 Å². The van der Waals surface area contributed by atoms with Crippen LogP contribution in [0.2, 0.25) is 0 Å². The number of fused-ring (bicyclic) bond motifs is 1. The molecule has 0 saturated heterocycles. The van der Waals surface area contributed by atoms with Crippen molar-refractivity contribution in [1.82, 2.24) is 0 Å². The number of carbonyl (C=O) groups is 1. The fourth-order valence-electron chi connectivity index (χ4n) is 2.51. The van der Waals surface area contributed by atoms with Crippen molar-refractivity contribution < 1.29 is 9.53 Å². The first-order valence-electron chi connectivity index (χ1n) is 7.13. The summed E-state index contributed by atoms with van der Waals surface area (Å²) in [4.78, 5) is 12.2. The summed E-state index contributed by atoms with van der Waals surface area (Å²) < 4.78 is 4.96. The molecule has 22 heavy (non-hydrogen) atoms. The highest BCUT2D eigenvalue weighted by Gasteiger charge is 2.14. The van der Waals surface area contributed by atoms with Crippen molar-refractivity contribution in [3.8, 4) is 0 Å². The molecular formula is C20H16O2. The largest absolute Gasteiger partial charge is 0.465 e. The van der Waals surface area contributed by atoms with Crippen LogP contribution in [-0.2, 0) is 4.74 Å². The van der Waals surface area contributed by atoms with Crippen LogP contribution in [0.4, 0.5) is 0 Å². The Morgan fingerprint density at radius 3 is 2.36 bits per heavy atom. The Bertz CT molecular complexity index is 833. The summed E-state index contributed by atoms with van der Waals surface area (Å²) in [6.45, 7) is 0. The average molecular weight is 288 g/mol. The number of hydrogen-bond donors (Lipinski definition) is 0. The quantitative estimate of drug-likeness (QED) is 0.511. The van der Waals surface area contributed by atoms with Gasteiger partial charge in [0, 0.05) is 0 Å². The Hall–Kier alpha value is -2.87. The van der Waals surface area contributed by atoms with Crippen LogP contribution in [0.25, 0.3) is 22.9 Å². The number of carbonyl (C=O) groups excluding carboxylic acids is 1. The summed E-state index contributed by atoms with van der Waals surface area (Å²) in [7, 11) is 1.41. The SMILES string of the molecule is COC(=O)c1c(C=Cc2ccccc2)ccc2ccccc12. The molecule has 2 nitrogen and oxygen atoms in total. The zero-order chi connectivity index (χ0) is 15.4. The fraction of sp³-hybridized carbons (Fsp3) is 0.0500. The highest BCUT2D eigenvalue weighted by atomic mass is 16.5. The Morgan fingerprint density at radius 2 is 1.59 bits per heavy atom. The maximum atomic E-state index is 12.2. The molecule has 3 aromatic carbocycles. The van der Waals surface area contributed by atoms with E-state index < -0.39 is 0 Å². The lowest BCUT2D eigenvalue weighted by atomic mass is 9.98. The Balaban J connectivity index is 2.13. The molecule has 0 radical (unpaired) electrons. The molecule has 3 aromatic rings. The third-order valence-corrected chi connectivity index (χ3v) is 3.61. The molecule has 0 heterocycles. The minimum absolute atomic E-state index is 0.315. The number of benzene rings is 3. The first-order valence-corrected chi connectivity index (χ1v) is 7.13. The maximum absolute atomic E-state index is 12.2. The van der Waals surface area contributed by atoms with Crippen LogP contribution in [0.3, 0.4) is 0 Å². The van der Waals surface area contributed by atoms with Gasteiger partial charge in [0.2, 0.25) is 0 Å². The molecule has 0 bridgehead atoms. The van der Waals surface area contributed by atoms with Gasteiger partial charge < -0.3 is 4.74 Å². The van der Waals surface area contributed by atoms with Crippen LogP contribution in [0.5, 0.6) is 0 Å². The first-order chi connectivity index (χ1) is 10.8. The lowest BCUT2D eigenvalue weighted by molar-refractivity contribution is 0.0603. The fourth-order valence-corrected chi connectivity index (χ4v) is 2.51. The molecule has 0 atom stereocenters. The van der Waals surface area contributed by atoms with Crippen LogP contribution in [0.15, 0.2) is 66.7 Å². The van der Waals surface area contributed by atoms with Crippen LogP contribution in [0, 0.1) is 0 Å². The van der Waals surface area contributed by atoms with Gasteiger partial charge in [0.15, 0.2) is 0 Å². The molecule has 3 rings (SSSR count). The summed E-state index contributed by atoms with van der Waals surface area (Å²) in [5.41, 5.74) is 2.55. The molecule has 0 aromatic heterocycles. The number of ether oxygens (including phenoxy) is 1. The summed E-state index contributed by atoms with van der Waals surface area (Å²) in [6.07, 6.45) is 3.95. The minimum atomic E-state index is -0.315. The number of esters is 1. The van der Waals surface area contributed by atoms with Gasteiger partial charge in [0.1, 0.15) is 0 Å². The molecule has 108 valence electrons. The first kappa shape index (κ1) is 14.1. The van der Waals surface area contributed by atoms with E-state index in [0.717, 1.165) is 21.9 Å². The van der Waals surface area contributed by atoms with Crippen molar-refractivity contribution in [3.63, 3.8) is 0 Å². The highest BCUT2D eigenvalue weighted by molar-refractivity contribution is 6.08. The molecule has 0 N–H and O–H groups in total. The number of hydrogen-bond acceptors (Lipinski definition) is 2. The molecule has 0 aliphatic rings. The van der Waals surface area contributed by atoms with Gasteiger partial charge in [0.25, 0.3) is 0 Å². The van der Waals surface area contributed by atoms with Crippen LogP contribution < -0.4 is 0 Å². The third kappa shape index (κ3) is 2.77. The summed E-state index contributed by atoms with van der Waals surface area (Å²) in [5.74, 6) is -0.315. The number of methoxy groups -OCH3 is 1. The second kappa shape index (κ2) is 6.27. The predicted octanol–water partition coefficient (Wildman–Crippen LogP) is 4.80. The van der Waals surface area contributed by atoms with E-state index in [1.165, 1.54) is 7.11 Å². The topological polar surface area (TPSA) is 26.3 Å². The predicted molar refractivity (Wildman–Crippen MR) is 90.7 cm³/mol. The molecule has 0 amide bonds. The van der Waals surface area contributed by atoms with E-state index in [4.69, 9.17) is 4.74 Å². The lowest BCUT2D eigenvalue weighted by Gasteiger charge is -2.08. The van der Waals surface area contributed by atoms with Crippen LogP contribution >= 0.6 is 0 Å². The van der Waals surface area contributed by atoms with E-state index in [2.05, 4.69) is 0 Å². The van der Waals surface area contributed by atoms with Gasteiger partial charge in [-0.3, -0.25) is 0 Å². The second-order valence-electron chi connectivity index (χ2n) is 4.99. The molecule has 2 heteroatoms. The van der Waals surface area contributed by atoms with Crippen molar-refractivity contribution in [3.05, 3.63) is 83.4 Å². The van der Waals surface area contributed by atoms with Gasteiger partial charge in [-0.15, -0.1) is 0 Å². The van der Waals surface area contributed by atoms with Gasteiger partial charge in [0.05, 0.1) is 12.7 Å². The van der Waals surface area contributed by atoms with Crippen molar-refractivity contribution >= 4 is 28.9 Å². The van der Waals surface area contributed by atoms with E-state index in [1.54, 1.807) is 0 Å². The minimum Gasteiger partial charge on any atom is -0.465 e. The number of rotatable bonds is 3. The Kier molecular flexibility index (Phi) is 4.01. The van der Waals surface area contributed by atoms with Crippen LogP contribution in [-0.4, -0.2) is 13.1 Å². The Morgan fingerprint density at radius 1 is 0.864 bits per heavy atom. The molecule has 0 unspecified atom stereocenters. The van der Waals surface area contributed by atoms with Crippen molar-refractivity contribution in [2.45, 2.75) is 0 Å². The lowest BCUT2D eigenvalue weighted by Crippen LogP contribution is -2.04. The summed E-state index contributed by atoms with van der Waals surface area (Å²) >= 11 is 0. The van der Waals surface area contributed by atoms with Gasteiger partial charge in [-0.2, -0.15) is 0 Å². The van der Waals surface area contributed by atoms with Gasteiger partial charge in [-0.25, -0.2) is 4.79 Å². The zero-order valence-electron chi connectivity index (χ0n) is 12.3. The molecular weight excluding hydrogens is 272 g/mol. The molecule has 0 aliphatic carbocycles. The summed E-state index contributed by atoms with van der Waals surface area (Å²) in [5, 5.41) is 1.93. The van der Waals surface area contributed by atoms with Gasteiger partial charge >= 0.3 is 5.97 Å². The molecule has 0 spiro atoms. The molecule has 0 fully saturated rings. The van der Waals surface area contributed by atoms with E-state index in [1.807, 2.05) is 78.9 Å².